The molecule has 0 fully saturated rings. The van der Waals surface area contributed by atoms with Gasteiger partial charge in [-0.2, -0.15) is 0 Å². The molecule has 0 bridgehead atoms. The summed E-state index contributed by atoms with van der Waals surface area (Å²) in [7, 11) is 0. The van der Waals surface area contributed by atoms with Crippen molar-refractivity contribution >= 4 is 11.8 Å². The average Bonchev–Trinajstić information content (AvgIpc) is 2.18. The molecule has 2 heteroatoms. The van der Waals surface area contributed by atoms with Crippen molar-refractivity contribution in [2.24, 2.45) is 0 Å². The summed E-state index contributed by atoms with van der Waals surface area (Å²) in [5.41, 5.74) is 1.40. The van der Waals surface area contributed by atoms with Gasteiger partial charge in [-0.25, -0.2) is 4.98 Å². The molecule has 0 aliphatic rings. The van der Waals surface area contributed by atoms with Crippen molar-refractivity contribution in [3.8, 4) is 0 Å². The van der Waals surface area contributed by atoms with E-state index in [0.29, 0.717) is 5.92 Å². The number of hydrogen-bond donors (Lipinski definition) is 0. The number of thioether (sulfide) groups is 1. The third-order valence-corrected chi connectivity index (χ3v) is 2.97. The van der Waals surface area contributed by atoms with Gasteiger partial charge >= 0.3 is 0 Å². The standard InChI is InChI=1S/C11H17NS/c1-4-6-9(2)10-7-5-8-12-11(10)13-3/h5,7-9H,4,6H2,1-3H3. The quantitative estimate of drug-likeness (QED) is 0.679. The van der Waals surface area contributed by atoms with E-state index < -0.39 is 0 Å². The molecule has 1 aromatic heterocycles. The monoisotopic (exact) mass is 195 g/mol. The van der Waals surface area contributed by atoms with E-state index in [0.717, 1.165) is 0 Å². The minimum Gasteiger partial charge on any atom is -0.250 e. The first kappa shape index (κ1) is 10.6. The summed E-state index contributed by atoms with van der Waals surface area (Å²) in [5, 5.41) is 1.18. The molecule has 1 aromatic rings. The fraction of sp³-hybridized carbons (Fsp3) is 0.545. The van der Waals surface area contributed by atoms with Crippen molar-refractivity contribution in [1.29, 1.82) is 0 Å². The molecule has 0 N–H and O–H groups in total. The van der Waals surface area contributed by atoms with Crippen LogP contribution in [0.3, 0.4) is 0 Å². The van der Waals surface area contributed by atoms with Crippen LogP contribution in [0.25, 0.3) is 0 Å². The molecule has 0 saturated carbocycles. The number of pyridine rings is 1. The Hall–Kier alpha value is -0.500. The van der Waals surface area contributed by atoms with Crippen LogP contribution in [0.4, 0.5) is 0 Å². The summed E-state index contributed by atoms with van der Waals surface area (Å²) < 4.78 is 0. The molecule has 0 aliphatic heterocycles. The van der Waals surface area contributed by atoms with Gasteiger partial charge in [-0.15, -0.1) is 11.8 Å². The van der Waals surface area contributed by atoms with Gasteiger partial charge in [0.15, 0.2) is 0 Å². The zero-order valence-corrected chi connectivity index (χ0v) is 9.40. The Morgan fingerprint density at radius 1 is 1.54 bits per heavy atom. The lowest BCUT2D eigenvalue weighted by molar-refractivity contribution is 0.649. The van der Waals surface area contributed by atoms with Crippen LogP contribution in [-0.4, -0.2) is 11.2 Å². The van der Waals surface area contributed by atoms with Crippen molar-refractivity contribution in [2.75, 3.05) is 6.26 Å². The lowest BCUT2D eigenvalue weighted by Gasteiger charge is -2.12. The Morgan fingerprint density at radius 2 is 2.31 bits per heavy atom. The van der Waals surface area contributed by atoms with Gasteiger partial charge < -0.3 is 0 Å². The highest BCUT2D eigenvalue weighted by atomic mass is 32.2. The van der Waals surface area contributed by atoms with Gasteiger partial charge in [0.2, 0.25) is 0 Å². The maximum atomic E-state index is 4.36. The van der Waals surface area contributed by atoms with Gasteiger partial charge in [0.25, 0.3) is 0 Å². The number of rotatable bonds is 4. The fourth-order valence-electron chi connectivity index (χ4n) is 1.54. The molecule has 1 unspecified atom stereocenters. The van der Waals surface area contributed by atoms with Crippen molar-refractivity contribution in [3.63, 3.8) is 0 Å². The topological polar surface area (TPSA) is 12.9 Å². The molecule has 1 rings (SSSR count). The van der Waals surface area contributed by atoms with Crippen molar-refractivity contribution in [3.05, 3.63) is 23.9 Å². The smallest absolute Gasteiger partial charge is 0.0991 e. The molecular weight excluding hydrogens is 178 g/mol. The molecule has 0 radical (unpaired) electrons. The molecule has 72 valence electrons. The molecule has 1 atom stereocenters. The van der Waals surface area contributed by atoms with Gasteiger partial charge in [0, 0.05) is 6.20 Å². The van der Waals surface area contributed by atoms with E-state index in [1.165, 1.54) is 23.4 Å². The minimum absolute atomic E-state index is 0.640. The van der Waals surface area contributed by atoms with Gasteiger partial charge in [-0.3, -0.25) is 0 Å². The zero-order chi connectivity index (χ0) is 9.68. The molecule has 1 heterocycles. The number of hydrogen-bond acceptors (Lipinski definition) is 2. The first-order chi connectivity index (χ1) is 6.29. The Morgan fingerprint density at radius 3 is 2.92 bits per heavy atom. The third-order valence-electron chi connectivity index (χ3n) is 2.25. The van der Waals surface area contributed by atoms with E-state index in [1.54, 1.807) is 11.8 Å². The zero-order valence-electron chi connectivity index (χ0n) is 8.58. The van der Waals surface area contributed by atoms with Crippen LogP contribution in [-0.2, 0) is 0 Å². The Labute approximate surface area is 85.0 Å². The van der Waals surface area contributed by atoms with Crippen LogP contribution in [0.1, 0.15) is 38.2 Å². The predicted octanol–water partition coefficient (Wildman–Crippen LogP) is 3.71. The fourth-order valence-corrected chi connectivity index (χ4v) is 2.21. The first-order valence-electron chi connectivity index (χ1n) is 4.78. The molecular formula is C11H17NS. The molecule has 1 nitrogen and oxygen atoms in total. The Bertz CT molecular complexity index is 260. The van der Waals surface area contributed by atoms with Crippen LogP contribution in [0.2, 0.25) is 0 Å². The van der Waals surface area contributed by atoms with Gasteiger partial charge in [0.1, 0.15) is 0 Å². The molecule has 0 saturated heterocycles. The second-order valence-electron chi connectivity index (χ2n) is 3.29. The first-order valence-corrected chi connectivity index (χ1v) is 6.01. The normalized spacial score (nSPS) is 12.8. The van der Waals surface area contributed by atoms with Crippen LogP contribution < -0.4 is 0 Å². The summed E-state index contributed by atoms with van der Waals surface area (Å²) in [5.74, 6) is 0.640. The van der Waals surface area contributed by atoms with Gasteiger partial charge in [0.05, 0.1) is 5.03 Å². The second kappa shape index (κ2) is 5.28. The highest BCUT2D eigenvalue weighted by Crippen LogP contribution is 2.27. The maximum Gasteiger partial charge on any atom is 0.0991 e. The molecule has 0 aromatic carbocycles. The second-order valence-corrected chi connectivity index (χ2v) is 4.09. The summed E-state index contributed by atoms with van der Waals surface area (Å²) in [6, 6.07) is 4.22. The highest BCUT2D eigenvalue weighted by molar-refractivity contribution is 7.98. The average molecular weight is 195 g/mol. The van der Waals surface area contributed by atoms with E-state index in [-0.39, 0.29) is 0 Å². The third kappa shape index (κ3) is 2.73. The van der Waals surface area contributed by atoms with E-state index in [1.807, 2.05) is 12.3 Å². The number of aromatic nitrogens is 1. The van der Waals surface area contributed by atoms with Crippen LogP contribution in [0.15, 0.2) is 23.4 Å². The lowest BCUT2D eigenvalue weighted by atomic mass is 9.98. The Kier molecular flexibility index (Phi) is 4.29. The van der Waals surface area contributed by atoms with Gasteiger partial charge in [-0.05, 0) is 30.2 Å². The SMILES string of the molecule is CCCC(C)c1cccnc1SC. The summed E-state index contributed by atoms with van der Waals surface area (Å²) in [4.78, 5) is 4.36. The molecule has 0 spiro atoms. The van der Waals surface area contributed by atoms with E-state index in [4.69, 9.17) is 0 Å². The molecule has 0 aliphatic carbocycles. The summed E-state index contributed by atoms with van der Waals surface area (Å²) in [6.45, 7) is 4.51. The maximum absolute atomic E-state index is 4.36. The van der Waals surface area contributed by atoms with E-state index in [9.17, 15) is 0 Å². The predicted molar refractivity (Wildman–Crippen MR) is 59.3 cm³/mol. The van der Waals surface area contributed by atoms with E-state index in [2.05, 4.69) is 31.2 Å². The van der Waals surface area contributed by atoms with Crippen LogP contribution in [0.5, 0.6) is 0 Å². The highest BCUT2D eigenvalue weighted by Gasteiger charge is 2.09. The van der Waals surface area contributed by atoms with Crippen LogP contribution in [0, 0.1) is 0 Å². The largest absolute Gasteiger partial charge is 0.250 e. The summed E-state index contributed by atoms with van der Waals surface area (Å²) >= 11 is 1.74. The van der Waals surface area contributed by atoms with Gasteiger partial charge in [-0.1, -0.05) is 26.3 Å². The molecule has 13 heavy (non-hydrogen) atoms. The van der Waals surface area contributed by atoms with Crippen molar-refractivity contribution < 1.29 is 0 Å². The number of nitrogens with zero attached hydrogens (tertiary/aromatic N) is 1. The van der Waals surface area contributed by atoms with Crippen molar-refractivity contribution in [2.45, 2.75) is 37.6 Å². The summed E-state index contributed by atoms with van der Waals surface area (Å²) in [6.07, 6.45) is 6.45. The molecule has 0 amide bonds. The van der Waals surface area contributed by atoms with Crippen molar-refractivity contribution in [1.82, 2.24) is 4.98 Å². The van der Waals surface area contributed by atoms with Crippen LogP contribution >= 0.6 is 11.8 Å². The lowest BCUT2D eigenvalue weighted by Crippen LogP contribution is -1.96. The van der Waals surface area contributed by atoms with E-state index >= 15 is 0 Å². The minimum atomic E-state index is 0.640. The Balaban J connectivity index is 2.85.